The highest BCUT2D eigenvalue weighted by atomic mass is 32.2. The SMILES string of the molecule is O=S(=O)(Nc1c[c]ccc1)c1cccc2ccccc12. The minimum Gasteiger partial charge on any atom is -0.280 e. The lowest BCUT2D eigenvalue weighted by Gasteiger charge is -2.10. The van der Waals surface area contributed by atoms with Gasteiger partial charge in [0.25, 0.3) is 10.0 Å². The third-order valence-corrected chi connectivity index (χ3v) is 4.44. The van der Waals surface area contributed by atoms with Crippen molar-refractivity contribution in [1.82, 2.24) is 0 Å². The smallest absolute Gasteiger partial charge is 0.262 e. The Balaban J connectivity index is 2.10. The summed E-state index contributed by atoms with van der Waals surface area (Å²) in [6.07, 6.45) is 0. The molecule has 0 aliphatic carbocycles. The van der Waals surface area contributed by atoms with E-state index >= 15 is 0 Å². The zero-order valence-electron chi connectivity index (χ0n) is 10.6. The fraction of sp³-hybridized carbons (Fsp3) is 0. The van der Waals surface area contributed by atoms with Crippen molar-refractivity contribution >= 4 is 26.5 Å². The van der Waals surface area contributed by atoms with Crippen LogP contribution in [0, 0.1) is 6.07 Å². The van der Waals surface area contributed by atoms with Gasteiger partial charge >= 0.3 is 0 Å². The largest absolute Gasteiger partial charge is 0.280 e. The van der Waals surface area contributed by atoms with Gasteiger partial charge in [0.1, 0.15) is 0 Å². The highest BCUT2D eigenvalue weighted by Gasteiger charge is 2.16. The third-order valence-electron chi connectivity index (χ3n) is 3.00. The molecule has 20 heavy (non-hydrogen) atoms. The molecule has 99 valence electrons. The summed E-state index contributed by atoms with van der Waals surface area (Å²) in [7, 11) is -3.61. The molecule has 0 aliphatic heterocycles. The summed E-state index contributed by atoms with van der Waals surface area (Å²) in [5, 5.41) is 1.61. The zero-order chi connectivity index (χ0) is 14.0. The topological polar surface area (TPSA) is 46.2 Å². The molecule has 1 radical (unpaired) electrons. The van der Waals surface area contributed by atoms with E-state index in [1.165, 1.54) is 0 Å². The molecule has 4 heteroatoms. The predicted molar refractivity (Wildman–Crippen MR) is 80.0 cm³/mol. The van der Waals surface area contributed by atoms with Gasteiger partial charge in [-0.25, -0.2) is 8.42 Å². The van der Waals surface area contributed by atoms with Crippen LogP contribution in [0.15, 0.2) is 71.6 Å². The van der Waals surface area contributed by atoms with Gasteiger partial charge in [0.15, 0.2) is 0 Å². The summed E-state index contributed by atoms with van der Waals surface area (Å²) in [4.78, 5) is 0.277. The Morgan fingerprint density at radius 3 is 2.50 bits per heavy atom. The van der Waals surface area contributed by atoms with E-state index in [-0.39, 0.29) is 4.90 Å². The second-order valence-corrected chi connectivity index (χ2v) is 6.03. The van der Waals surface area contributed by atoms with E-state index in [1.807, 2.05) is 24.3 Å². The molecule has 0 spiro atoms. The third kappa shape index (κ3) is 2.38. The molecule has 3 aromatic carbocycles. The molecule has 0 bridgehead atoms. The van der Waals surface area contributed by atoms with Crippen LogP contribution in [-0.4, -0.2) is 8.42 Å². The first-order valence-electron chi connectivity index (χ1n) is 6.13. The van der Waals surface area contributed by atoms with E-state index in [0.29, 0.717) is 11.1 Å². The summed E-state index contributed by atoms with van der Waals surface area (Å²) in [5.41, 5.74) is 0.500. The highest BCUT2D eigenvalue weighted by molar-refractivity contribution is 7.93. The molecule has 0 unspecified atom stereocenters. The van der Waals surface area contributed by atoms with Crippen molar-refractivity contribution in [3.8, 4) is 0 Å². The fourth-order valence-corrected chi connectivity index (χ4v) is 3.38. The Bertz CT molecular complexity index is 837. The van der Waals surface area contributed by atoms with Crippen molar-refractivity contribution in [2.75, 3.05) is 4.72 Å². The Hall–Kier alpha value is -2.33. The van der Waals surface area contributed by atoms with Crippen molar-refractivity contribution in [2.24, 2.45) is 0 Å². The molecule has 0 fully saturated rings. The van der Waals surface area contributed by atoms with Crippen LogP contribution in [0.1, 0.15) is 0 Å². The van der Waals surface area contributed by atoms with Gasteiger partial charge in [-0.15, -0.1) is 0 Å². The molecule has 0 saturated heterocycles. The van der Waals surface area contributed by atoms with Crippen molar-refractivity contribution in [3.05, 3.63) is 72.8 Å². The Morgan fingerprint density at radius 1 is 0.900 bits per heavy atom. The lowest BCUT2D eigenvalue weighted by atomic mass is 10.1. The lowest BCUT2D eigenvalue weighted by molar-refractivity contribution is 0.602. The van der Waals surface area contributed by atoms with Crippen LogP contribution in [0.25, 0.3) is 10.8 Å². The van der Waals surface area contributed by atoms with E-state index in [4.69, 9.17) is 0 Å². The van der Waals surface area contributed by atoms with E-state index in [2.05, 4.69) is 10.8 Å². The fourth-order valence-electron chi connectivity index (χ4n) is 2.10. The maximum Gasteiger partial charge on any atom is 0.262 e. The van der Waals surface area contributed by atoms with E-state index < -0.39 is 10.0 Å². The number of nitrogens with one attached hydrogen (secondary N) is 1. The van der Waals surface area contributed by atoms with Gasteiger partial charge in [0.2, 0.25) is 0 Å². The molecule has 3 aromatic rings. The van der Waals surface area contributed by atoms with Crippen molar-refractivity contribution in [2.45, 2.75) is 4.90 Å². The first-order valence-corrected chi connectivity index (χ1v) is 7.62. The summed E-state index contributed by atoms with van der Waals surface area (Å²) in [5.74, 6) is 0. The van der Waals surface area contributed by atoms with Crippen molar-refractivity contribution < 1.29 is 8.42 Å². The Labute approximate surface area is 117 Å². The lowest BCUT2D eigenvalue weighted by Crippen LogP contribution is -2.13. The Morgan fingerprint density at radius 2 is 1.70 bits per heavy atom. The monoisotopic (exact) mass is 282 g/mol. The van der Waals surface area contributed by atoms with Crippen LogP contribution in [0.5, 0.6) is 0 Å². The van der Waals surface area contributed by atoms with Gasteiger partial charge in [-0.2, -0.15) is 0 Å². The molecule has 0 aromatic heterocycles. The molecule has 0 amide bonds. The molecule has 1 N–H and O–H groups in total. The minimum atomic E-state index is -3.61. The zero-order valence-corrected chi connectivity index (χ0v) is 11.4. The van der Waals surface area contributed by atoms with Crippen LogP contribution in [0.2, 0.25) is 0 Å². The maximum atomic E-state index is 12.5. The molecule has 0 saturated carbocycles. The number of hydrogen-bond acceptors (Lipinski definition) is 2. The van der Waals surface area contributed by atoms with Crippen LogP contribution in [0.3, 0.4) is 0 Å². The molecule has 0 aliphatic rings. The van der Waals surface area contributed by atoms with Crippen LogP contribution in [-0.2, 0) is 10.0 Å². The minimum absolute atomic E-state index is 0.277. The van der Waals surface area contributed by atoms with Gasteiger partial charge in [-0.05, 0) is 29.7 Å². The van der Waals surface area contributed by atoms with Gasteiger partial charge in [0, 0.05) is 11.1 Å². The first-order chi connectivity index (χ1) is 9.67. The molecular formula is C16H12NO2S. The summed E-state index contributed by atoms with van der Waals surface area (Å²) in [6, 6.07) is 22.3. The van der Waals surface area contributed by atoms with Crippen LogP contribution < -0.4 is 4.72 Å². The molecule has 0 heterocycles. The summed E-state index contributed by atoms with van der Waals surface area (Å²) in [6.45, 7) is 0. The van der Waals surface area contributed by atoms with Gasteiger partial charge in [0.05, 0.1) is 4.90 Å². The van der Waals surface area contributed by atoms with Gasteiger partial charge in [-0.3, -0.25) is 4.72 Å². The standard InChI is InChI=1S/C16H12NO2S/c18-20(19,17-14-9-2-1-3-10-14)16-12-6-8-13-7-4-5-11-15(13)16/h1-2,4-12,17H. The Kier molecular flexibility index (Phi) is 3.16. The summed E-state index contributed by atoms with van der Waals surface area (Å²) >= 11 is 0. The number of sulfonamides is 1. The molecular weight excluding hydrogens is 270 g/mol. The molecule has 0 atom stereocenters. The molecule has 3 rings (SSSR count). The first kappa shape index (κ1) is 12.7. The predicted octanol–water partition coefficient (Wildman–Crippen LogP) is 3.44. The molecule has 3 nitrogen and oxygen atoms in total. The van der Waals surface area contributed by atoms with Gasteiger partial charge < -0.3 is 0 Å². The van der Waals surface area contributed by atoms with Gasteiger partial charge in [-0.1, -0.05) is 48.5 Å². The summed E-state index contributed by atoms with van der Waals surface area (Å²) < 4.78 is 27.5. The second-order valence-electron chi connectivity index (χ2n) is 4.37. The number of fused-ring (bicyclic) bond motifs is 1. The normalized spacial score (nSPS) is 11.4. The number of hydrogen-bond donors (Lipinski definition) is 1. The van der Waals surface area contributed by atoms with Crippen molar-refractivity contribution in [1.29, 1.82) is 0 Å². The maximum absolute atomic E-state index is 12.5. The van der Waals surface area contributed by atoms with Crippen LogP contribution in [0.4, 0.5) is 5.69 Å². The number of rotatable bonds is 3. The van der Waals surface area contributed by atoms with Crippen molar-refractivity contribution in [3.63, 3.8) is 0 Å². The quantitative estimate of drug-likeness (QED) is 0.800. The van der Waals surface area contributed by atoms with E-state index in [0.717, 1.165) is 5.39 Å². The second kappa shape index (κ2) is 4.98. The highest BCUT2D eigenvalue weighted by Crippen LogP contribution is 2.24. The van der Waals surface area contributed by atoms with E-state index in [1.54, 1.807) is 42.5 Å². The average Bonchev–Trinajstić information content (AvgIpc) is 2.47. The number of anilines is 1. The van der Waals surface area contributed by atoms with E-state index in [9.17, 15) is 8.42 Å². The van der Waals surface area contributed by atoms with Crippen LogP contribution >= 0.6 is 0 Å². The average molecular weight is 282 g/mol. The number of benzene rings is 3.